The van der Waals surface area contributed by atoms with Gasteiger partial charge in [0.15, 0.2) is 11.2 Å². The molecule has 0 saturated carbocycles. The molecule has 0 amide bonds. The average molecular weight is 290 g/mol. The molecule has 0 aliphatic carbocycles. The predicted octanol–water partition coefficient (Wildman–Crippen LogP) is 2.32. The molecule has 7 heteroatoms. The van der Waals surface area contributed by atoms with E-state index in [9.17, 15) is 0 Å². The number of hydrogen-bond acceptors (Lipinski definition) is 5. The molecule has 102 valence electrons. The first-order valence-corrected chi connectivity index (χ1v) is 6.57. The Hall–Kier alpha value is -2.21. The van der Waals surface area contributed by atoms with Crippen molar-refractivity contribution < 1.29 is 4.74 Å². The van der Waals surface area contributed by atoms with Crippen LogP contribution >= 0.6 is 11.6 Å². The van der Waals surface area contributed by atoms with Crippen LogP contribution in [0.15, 0.2) is 30.6 Å². The highest BCUT2D eigenvalue weighted by molar-refractivity contribution is 6.31. The molecular weight excluding hydrogens is 278 g/mol. The van der Waals surface area contributed by atoms with Gasteiger partial charge in [-0.25, -0.2) is 9.67 Å². The second-order valence-corrected chi connectivity index (χ2v) is 4.53. The molecule has 0 unspecified atom stereocenters. The third-order valence-corrected chi connectivity index (χ3v) is 3.19. The van der Waals surface area contributed by atoms with Gasteiger partial charge in [0.25, 0.3) is 0 Å². The lowest BCUT2D eigenvalue weighted by molar-refractivity contribution is 0.330. The lowest BCUT2D eigenvalue weighted by Gasteiger charge is -2.04. The number of hydrogen-bond donors (Lipinski definition) is 0. The van der Waals surface area contributed by atoms with Crippen molar-refractivity contribution in [2.45, 2.75) is 13.5 Å². The molecular formula is C13H12ClN5O. The second kappa shape index (κ2) is 5.42. The van der Waals surface area contributed by atoms with Gasteiger partial charge in [-0.1, -0.05) is 35.0 Å². The van der Waals surface area contributed by atoms with Crippen LogP contribution < -0.4 is 4.74 Å². The lowest BCUT2D eigenvalue weighted by Crippen LogP contribution is -2.04. The molecule has 0 aliphatic heterocycles. The summed E-state index contributed by atoms with van der Waals surface area (Å²) >= 11 is 6.15. The van der Waals surface area contributed by atoms with Crippen molar-refractivity contribution in [3.05, 3.63) is 41.2 Å². The van der Waals surface area contributed by atoms with Gasteiger partial charge < -0.3 is 4.74 Å². The highest BCUT2D eigenvalue weighted by Crippen LogP contribution is 2.21. The van der Waals surface area contributed by atoms with Crippen LogP contribution in [0, 0.1) is 0 Å². The van der Waals surface area contributed by atoms with Crippen LogP contribution in [0.3, 0.4) is 0 Å². The van der Waals surface area contributed by atoms with Crippen molar-refractivity contribution in [2.24, 2.45) is 0 Å². The Kier molecular flexibility index (Phi) is 3.47. The van der Waals surface area contributed by atoms with Crippen molar-refractivity contribution in [2.75, 3.05) is 6.61 Å². The zero-order chi connectivity index (χ0) is 13.9. The quantitative estimate of drug-likeness (QED) is 0.737. The van der Waals surface area contributed by atoms with Crippen LogP contribution in [-0.4, -0.2) is 31.6 Å². The Morgan fingerprint density at radius 3 is 2.90 bits per heavy atom. The minimum Gasteiger partial charge on any atom is -0.476 e. The number of aromatic nitrogens is 5. The molecule has 0 atom stereocenters. The highest BCUT2D eigenvalue weighted by Gasteiger charge is 2.13. The van der Waals surface area contributed by atoms with E-state index in [1.165, 1.54) is 6.33 Å². The van der Waals surface area contributed by atoms with Gasteiger partial charge in [-0.05, 0) is 18.6 Å². The van der Waals surface area contributed by atoms with Crippen LogP contribution in [0.5, 0.6) is 5.88 Å². The molecule has 0 aliphatic rings. The smallest absolute Gasteiger partial charge is 0.247 e. The topological polar surface area (TPSA) is 65.7 Å². The molecule has 3 rings (SSSR count). The first kappa shape index (κ1) is 12.8. The Morgan fingerprint density at radius 2 is 2.10 bits per heavy atom. The maximum Gasteiger partial charge on any atom is 0.247 e. The predicted molar refractivity (Wildman–Crippen MR) is 74.8 cm³/mol. The Balaban J connectivity index is 2.01. The normalized spacial score (nSPS) is 10.9. The van der Waals surface area contributed by atoms with Crippen molar-refractivity contribution in [1.29, 1.82) is 0 Å². The summed E-state index contributed by atoms with van der Waals surface area (Å²) in [5.41, 5.74) is 2.14. The summed E-state index contributed by atoms with van der Waals surface area (Å²) in [7, 11) is 0. The Labute approximate surface area is 120 Å². The van der Waals surface area contributed by atoms with Crippen LogP contribution in [0.4, 0.5) is 0 Å². The molecule has 3 aromatic rings. The largest absolute Gasteiger partial charge is 0.476 e. The fraction of sp³-hybridized carbons (Fsp3) is 0.231. The first-order valence-electron chi connectivity index (χ1n) is 6.20. The highest BCUT2D eigenvalue weighted by atomic mass is 35.5. The van der Waals surface area contributed by atoms with E-state index in [2.05, 4.69) is 20.3 Å². The van der Waals surface area contributed by atoms with E-state index in [-0.39, 0.29) is 0 Å². The SMILES string of the molecule is CCOc1ncnc2c1nnn2Cc1ccccc1Cl. The first-order chi connectivity index (χ1) is 9.79. The summed E-state index contributed by atoms with van der Waals surface area (Å²) in [6, 6.07) is 7.61. The molecule has 0 radical (unpaired) electrons. The third kappa shape index (κ3) is 2.30. The number of halogens is 1. The maximum absolute atomic E-state index is 6.15. The van der Waals surface area contributed by atoms with Gasteiger partial charge in [0, 0.05) is 5.02 Å². The van der Waals surface area contributed by atoms with Gasteiger partial charge in [-0.15, -0.1) is 5.10 Å². The number of rotatable bonds is 4. The van der Waals surface area contributed by atoms with Crippen molar-refractivity contribution >= 4 is 22.8 Å². The molecule has 1 aromatic carbocycles. The molecule has 6 nitrogen and oxygen atoms in total. The average Bonchev–Trinajstić information content (AvgIpc) is 2.86. The van der Waals surface area contributed by atoms with E-state index in [1.54, 1.807) is 4.68 Å². The van der Waals surface area contributed by atoms with Gasteiger partial charge >= 0.3 is 0 Å². The van der Waals surface area contributed by atoms with Gasteiger partial charge in [0.05, 0.1) is 13.2 Å². The molecule has 20 heavy (non-hydrogen) atoms. The molecule has 0 fully saturated rings. The number of ether oxygens (including phenoxy) is 1. The van der Waals surface area contributed by atoms with Crippen LogP contribution in [0.25, 0.3) is 11.2 Å². The van der Waals surface area contributed by atoms with E-state index < -0.39 is 0 Å². The molecule has 0 N–H and O–H groups in total. The van der Waals surface area contributed by atoms with Crippen molar-refractivity contribution in [3.63, 3.8) is 0 Å². The van der Waals surface area contributed by atoms with Gasteiger partial charge in [-0.3, -0.25) is 0 Å². The minimum absolute atomic E-state index is 0.447. The minimum atomic E-state index is 0.447. The summed E-state index contributed by atoms with van der Waals surface area (Å²) < 4.78 is 7.09. The Bertz CT molecular complexity index is 742. The summed E-state index contributed by atoms with van der Waals surface area (Å²) in [4.78, 5) is 8.27. The van der Waals surface area contributed by atoms with Gasteiger partial charge in [0.1, 0.15) is 6.33 Å². The molecule has 2 heterocycles. The number of nitrogens with zero attached hydrogens (tertiary/aromatic N) is 5. The molecule has 0 spiro atoms. The lowest BCUT2D eigenvalue weighted by atomic mass is 10.2. The third-order valence-electron chi connectivity index (χ3n) is 2.83. The number of benzene rings is 1. The summed E-state index contributed by atoms with van der Waals surface area (Å²) in [5, 5.41) is 8.87. The Morgan fingerprint density at radius 1 is 1.25 bits per heavy atom. The second-order valence-electron chi connectivity index (χ2n) is 4.12. The summed E-state index contributed by atoms with van der Waals surface area (Å²) in [6.07, 6.45) is 1.44. The molecule has 2 aromatic heterocycles. The maximum atomic E-state index is 6.15. The molecule has 0 saturated heterocycles. The van der Waals surface area contributed by atoms with E-state index in [4.69, 9.17) is 16.3 Å². The fourth-order valence-electron chi connectivity index (χ4n) is 1.91. The van der Waals surface area contributed by atoms with Crippen LogP contribution in [-0.2, 0) is 6.54 Å². The van der Waals surface area contributed by atoms with E-state index in [0.717, 1.165) is 5.56 Å². The van der Waals surface area contributed by atoms with Gasteiger partial charge in [0.2, 0.25) is 5.88 Å². The monoisotopic (exact) mass is 289 g/mol. The van der Waals surface area contributed by atoms with Crippen molar-refractivity contribution in [3.8, 4) is 5.88 Å². The standard InChI is InChI=1S/C13H12ClN5O/c1-2-20-13-11-12(15-8-16-13)19(18-17-11)7-9-5-3-4-6-10(9)14/h3-6,8H,2,7H2,1H3. The van der Waals surface area contributed by atoms with E-state index in [0.29, 0.717) is 35.2 Å². The van der Waals surface area contributed by atoms with E-state index >= 15 is 0 Å². The zero-order valence-electron chi connectivity index (χ0n) is 10.8. The van der Waals surface area contributed by atoms with Crippen molar-refractivity contribution in [1.82, 2.24) is 25.0 Å². The van der Waals surface area contributed by atoms with Crippen LogP contribution in [0.1, 0.15) is 12.5 Å². The molecule has 0 bridgehead atoms. The number of fused-ring (bicyclic) bond motifs is 1. The van der Waals surface area contributed by atoms with Gasteiger partial charge in [-0.2, -0.15) is 4.98 Å². The fourth-order valence-corrected chi connectivity index (χ4v) is 2.10. The van der Waals surface area contributed by atoms with Crippen LogP contribution in [0.2, 0.25) is 5.02 Å². The van der Waals surface area contributed by atoms with E-state index in [1.807, 2.05) is 31.2 Å². The zero-order valence-corrected chi connectivity index (χ0v) is 11.6. The summed E-state index contributed by atoms with van der Waals surface area (Å²) in [5.74, 6) is 0.447. The summed E-state index contributed by atoms with van der Waals surface area (Å²) in [6.45, 7) is 2.91.